The summed E-state index contributed by atoms with van der Waals surface area (Å²) in [7, 11) is 0. The van der Waals surface area contributed by atoms with Crippen LogP contribution in [0.5, 0.6) is 0 Å². The van der Waals surface area contributed by atoms with Crippen LogP contribution in [0.15, 0.2) is 36.0 Å². The molecule has 0 aromatic rings. The van der Waals surface area contributed by atoms with Crippen LogP contribution in [0.2, 0.25) is 0 Å². The van der Waals surface area contributed by atoms with E-state index in [4.69, 9.17) is 0 Å². The van der Waals surface area contributed by atoms with Crippen molar-refractivity contribution >= 4 is 17.8 Å². The molecule has 3 aliphatic rings. The van der Waals surface area contributed by atoms with E-state index in [2.05, 4.69) is 47.4 Å². The number of hydrogen-bond acceptors (Lipinski definition) is 2. The zero-order valence-electron chi connectivity index (χ0n) is 11.5. The molecule has 2 saturated heterocycles. The normalized spacial score (nSPS) is 30.3. The highest BCUT2D eigenvalue weighted by atomic mass is 32.2. The molecular formula is C16H21N2OS-. The molecule has 0 saturated carbocycles. The molecule has 2 aliphatic heterocycles. The summed E-state index contributed by atoms with van der Waals surface area (Å²) in [4.78, 5) is 11.3. The number of thioether (sulfide) groups is 1. The maximum Gasteiger partial charge on any atom is 0.315 e. The fourth-order valence-electron chi connectivity index (χ4n) is 2.97. The van der Waals surface area contributed by atoms with Crippen molar-refractivity contribution in [3.8, 4) is 0 Å². The molecule has 0 spiro atoms. The van der Waals surface area contributed by atoms with Gasteiger partial charge in [-0.05, 0) is 6.42 Å². The van der Waals surface area contributed by atoms with E-state index in [1.807, 2.05) is 11.8 Å². The number of fused-ring (bicyclic) bond motifs is 1. The minimum atomic E-state index is 0.0166. The van der Waals surface area contributed by atoms with Crippen LogP contribution in [0.4, 0.5) is 4.79 Å². The van der Waals surface area contributed by atoms with Gasteiger partial charge in [-0.25, -0.2) is 17.3 Å². The summed E-state index contributed by atoms with van der Waals surface area (Å²) in [5, 5.41) is 6.64. The number of carbonyl (C=O) groups is 1. The van der Waals surface area contributed by atoms with Gasteiger partial charge in [-0.1, -0.05) is 25.0 Å². The Labute approximate surface area is 125 Å². The van der Waals surface area contributed by atoms with E-state index in [0.29, 0.717) is 17.3 Å². The smallest absolute Gasteiger partial charge is 0.315 e. The molecule has 2 heterocycles. The highest BCUT2D eigenvalue weighted by Crippen LogP contribution is 2.33. The predicted octanol–water partition coefficient (Wildman–Crippen LogP) is 2.97. The lowest BCUT2D eigenvalue weighted by Crippen LogP contribution is -2.36. The lowest BCUT2D eigenvalue weighted by atomic mass is 10.0. The first-order valence-corrected chi connectivity index (χ1v) is 8.45. The van der Waals surface area contributed by atoms with Gasteiger partial charge < -0.3 is 10.6 Å². The first-order chi connectivity index (χ1) is 9.83. The van der Waals surface area contributed by atoms with E-state index in [0.717, 1.165) is 12.2 Å². The first kappa shape index (κ1) is 13.7. The Morgan fingerprint density at radius 1 is 1.30 bits per heavy atom. The first-order valence-electron chi connectivity index (χ1n) is 7.40. The molecule has 0 aromatic carbocycles. The summed E-state index contributed by atoms with van der Waals surface area (Å²) in [6.07, 6.45) is 17.7. The van der Waals surface area contributed by atoms with Gasteiger partial charge in [-0.2, -0.15) is 17.3 Å². The number of rotatable bonds is 6. The number of allylic oxidation sites excluding steroid dienone is 6. The molecule has 2 fully saturated rings. The molecule has 3 nitrogen and oxygen atoms in total. The van der Waals surface area contributed by atoms with Crippen LogP contribution in [0.1, 0.15) is 25.7 Å². The third kappa shape index (κ3) is 3.23. The number of nitrogens with one attached hydrogen (secondary N) is 2. The molecule has 3 atom stereocenters. The summed E-state index contributed by atoms with van der Waals surface area (Å²) in [5.74, 6) is 1.06. The van der Waals surface area contributed by atoms with Gasteiger partial charge in [-0.15, -0.1) is 18.6 Å². The maximum absolute atomic E-state index is 11.3. The molecule has 2 amide bonds. The Morgan fingerprint density at radius 3 is 3.00 bits per heavy atom. The Morgan fingerprint density at radius 2 is 2.15 bits per heavy atom. The molecular weight excluding hydrogens is 268 g/mol. The Kier molecular flexibility index (Phi) is 4.41. The van der Waals surface area contributed by atoms with Gasteiger partial charge in [0.25, 0.3) is 0 Å². The summed E-state index contributed by atoms with van der Waals surface area (Å²) >= 11 is 2.00. The quantitative estimate of drug-likeness (QED) is 0.448. The summed E-state index contributed by atoms with van der Waals surface area (Å²) in [6.45, 7) is 0. The van der Waals surface area contributed by atoms with Crippen LogP contribution in [-0.4, -0.2) is 29.1 Å². The van der Waals surface area contributed by atoms with E-state index >= 15 is 0 Å². The molecule has 20 heavy (non-hydrogen) atoms. The molecule has 1 aliphatic carbocycles. The molecule has 0 unspecified atom stereocenters. The van der Waals surface area contributed by atoms with Gasteiger partial charge in [0.1, 0.15) is 0 Å². The maximum atomic E-state index is 11.3. The van der Waals surface area contributed by atoms with Crippen LogP contribution in [0.25, 0.3) is 0 Å². The molecule has 3 rings (SSSR count). The average Bonchev–Trinajstić information content (AvgIpc) is 3.12. The molecule has 0 radical (unpaired) electrons. The van der Waals surface area contributed by atoms with E-state index in [9.17, 15) is 4.79 Å². The zero-order chi connectivity index (χ0) is 13.8. The molecule has 0 aromatic heterocycles. The van der Waals surface area contributed by atoms with Crippen LogP contribution in [0.3, 0.4) is 0 Å². The SMILES string of the molecule is O=C1N[C@H]2[C@H](CS[C@H]2CCCC[CH-]C=C2C=CC=C2)N1. The van der Waals surface area contributed by atoms with Crippen molar-refractivity contribution in [2.24, 2.45) is 0 Å². The van der Waals surface area contributed by atoms with Crippen molar-refractivity contribution in [3.05, 3.63) is 42.4 Å². The second-order valence-electron chi connectivity index (χ2n) is 5.53. The van der Waals surface area contributed by atoms with Gasteiger partial charge in [0.05, 0.1) is 12.1 Å². The molecule has 2 N–H and O–H groups in total. The second-order valence-corrected chi connectivity index (χ2v) is 6.80. The molecule has 4 heteroatoms. The van der Waals surface area contributed by atoms with Crippen LogP contribution in [0, 0.1) is 6.42 Å². The Balaban J connectivity index is 1.30. The van der Waals surface area contributed by atoms with Gasteiger partial charge in [0, 0.05) is 11.0 Å². The molecule has 108 valence electrons. The van der Waals surface area contributed by atoms with E-state index in [-0.39, 0.29) is 6.03 Å². The van der Waals surface area contributed by atoms with Crippen molar-refractivity contribution in [1.82, 2.24) is 10.6 Å². The predicted molar refractivity (Wildman–Crippen MR) is 84.6 cm³/mol. The Hall–Kier alpha value is -1.29. The van der Waals surface area contributed by atoms with Crippen LogP contribution >= 0.6 is 11.8 Å². The highest BCUT2D eigenvalue weighted by molar-refractivity contribution is 8.00. The van der Waals surface area contributed by atoms with E-state index in [1.165, 1.54) is 24.8 Å². The number of hydrogen-bond donors (Lipinski definition) is 2. The van der Waals surface area contributed by atoms with Crippen molar-refractivity contribution in [3.63, 3.8) is 0 Å². The number of urea groups is 1. The van der Waals surface area contributed by atoms with Crippen molar-refractivity contribution in [2.75, 3.05) is 5.75 Å². The Bertz CT molecular complexity index is 441. The third-order valence-corrected chi connectivity index (χ3v) is 5.55. The van der Waals surface area contributed by atoms with Crippen LogP contribution < -0.4 is 10.6 Å². The fourth-order valence-corrected chi connectivity index (χ4v) is 4.51. The second kappa shape index (κ2) is 6.44. The lowest BCUT2D eigenvalue weighted by molar-refractivity contribution is 0.247. The van der Waals surface area contributed by atoms with E-state index in [1.54, 1.807) is 0 Å². The summed E-state index contributed by atoms with van der Waals surface area (Å²) in [6, 6.07) is 0.727. The average molecular weight is 289 g/mol. The minimum Gasteiger partial charge on any atom is -0.332 e. The number of unbranched alkanes of at least 4 members (excludes halogenated alkanes) is 3. The van der Waals surface area contributed by atoms with Gasteiger partial charge in [0.15, 0.2) is 0 Å². The number of amides is 2. The topological polar surface area (TPSA) is 41.1 Å². The van der Waals surface area contributed by atoms with E-state index < -0.39 is 0 Å². The van der Waals surface area contributed by atoms with Gasteiger partial charge in [0.2, 0.25) is 0 Å². The summed E-state index contributed by atoms with van der Waals surface area (Å²) < 4.78 is 0. The molecule has 0 bridgehead atoms. The fraction of sp³-hybridized carbons (Fsp3) is 0.500. The lowest BCUT2D eigenvalue weighted by Gasteiger charge is -2.16. The van der Waals surface area contributed by atoms with Gasteiger partial charge in [-0.3, -0.25) is 0 Å². The monoisotopic (exact) mass is 289 g/mol. The number of carbonyl (C=O) groups excluding carboxylic acids is 1. The van der Waals surface area contributed by atoms with Crippen molar-refractivity contribution in [1.29, 1.82) is 0 Å². The van der Waals surface area contributed by atoms with Crippen molar-refractivity contribution < 1.29 is 4.79 Å². The highest BCUT2D eigenvalue weighted by Gasteiger charge is 2.42. The van der Waals surface area contributed by atoms with Crippen LogP contribution in [-0.2, 0) is 0 Å². The third-order valence-electron chi connectivity index (χ3n) is 4.05. The van der Waals surface area contributed by atoms with Crippen molar-refractivity contribution in [2.45, 2.75) is 43.0 Å². The largest absolute Gasteiger partial charge is 0.332 e. The standard InChI is InChI=1S/C16H21N2OS/c19-16-17-13-11-20-14(15(13)18-16)10-4-2-1-3-7-12-8-5-6-9-12/h3,5-9,13-15H,1-2,4,10-11H2,(H2,17,18,19)/q-1/t13-,14-,15-/m0/s1. The zero-order valence-corrected chi connectivity index (χ0v) is 12.4. The summed E-state index contributed by atoms with van der Waals surface area (Å²) in [5.41, 5.74) is 1.29. The van der Waals surface area contributed by atoms with Gasteiger partial charge >= 0.3 is 6.03 Å². The minimum absolute atomic E-state index is 0.0166.